The highest BCUT2D eigenvalue weighted by molar-refractivity contribution is 5.71. The molecule has 1 atom stereocenters. The highest BCUT2D eigenvalue weighted by Crippen LogP contribution is 2.36. The first-order chi connectivity index (χ1) is 11.8. The first-order valence-electron chi connectivity index (χ1n) is 9.35. The van der Waals surface area contributed by atoms with Crippen LogP contribution < -0.4 is 9.80 Å². The molecule has 25 heavy (non-hydrogen) atoms. The molecule has 0 N–H and O–H groups in total. The van der Waals surface area contributed by atoms with Crippen molar-refractivity contribution in [2.24, 2.45) is 0 Å². The fourth-order valence-corrected chi connectivity index (χ4v) is 3.74. The summed E-state index contributed by atoms with van der Waals surface area (Å²) in [5, 5.41) is 0. The van der Waals surface area contributed by atoms with Gasteiger partial charge in [0, 0.05) is 48.3 Å². The quantitative estimate of drug-likeness (QED) is 0.793. The topological polar surface area (TPSA) is 13.0 Å². The molecule has 0 saturated heterocycles. The first kappa shape index (κ1) is 17.7. The Morgan fingerprint density at radius 3 is 2.12 bits per heavy atom. The van der Waals surface area contributed by atoms with Gasteiger partial charge in [-0.1, -0.05) is 0 Å². The van der Waals surface area contributed by atoms with Crippen LogP contribution in [-0.2, 0) is 0 Å². The fraction of sp³-hybridized carbons (Fsp3) is 0.524. The largest absolute Gasteiger partial charge is 0.356 e. The molecule has 136 valence electrons. The van der Waals surface area contributed by atoms with Crippen molar-refractivity contribution in [3.63, 3.8) is 0 Å². The summed E-state index contributed by atoms with van der Waals surface area (Å²) in [4.78, 5) is 9.51. The van der Waals surface area contributed by atoms with Crippen molar-refractivity contribution in [3.05, 3.63) is 48.1 Å². The molecule has 2 heterocycles. The summed E-state index contributed by atoms with van der Waals surface area (Å²) in [6.45, 7) is 16.6. The Labute approximate surface area is 153 Å². The van der Waals surface area contributed by atoms with Crippen LogP contribution in [0.15, 0.2) is 36.9 Å². The predicted octanol–water partition coefficient (Wildman–Crippen LogP) is 4.61. The van der Waals surface area contributed by atoms with E-state index in [1.54, 1.807) is 0 Å². The van der Waals surface area contributed by atoms with E-state index in [1.165, 1.54) is 22.5 Å². The smallest absolute Gasteiger partial charge is 0.103 e. The van der Waals surface area contributed by atoms with Crippen molar-refractivity contribution >= 4 is 11.4 Å². The zero-order chi connectivity index (χ0) is 18.3. The Balaban J connectivity index is 1.92. The van der Waals surface area contributed by atoms with Gasteiger partial charge in [-0.25, -0.2) is 0 Å². The van der Waals surface area contributed by atoms with E-state index in [2.05, 4.69) is 105 Å². The molecule has 1 aromatic carbocycles. The van der Waals surface area contributed by atoms with Crippen LogP contribution in [0.4, 0.5) is 11.4 Å². The number of aryl methyl sites for hydroxylation is 1. The van der Waals surface area contributed by atoms with Gasteiger partial charge in [0.05, 0.1) is 6.67 Å². The summed E-state index contributed by atoms with van der Waals surface area (Å²) >= 11 is 0. The van der Waals surface area contributed by atoms with Gasteiger partial charge in [0.25, 0.3) is 0 Å². The van der Waals surface area contributed by atoms with Gasteiger partial charge in [-0.2, -0.15) is 0 Å². The lowest BCUT2D eigenvalue weighted by atomic mass is 10.1. The normalized spacial score (nSPS) is 20.1. The van der Waals surface area contributed by atoms with E-state index in [0.29, 0.717) is 18.2 Å². The average molecular weight is 341 g/mol. The number of rotatable bonds is 4. The van der Waals surface area contributed by atoms with Crippen LogP contribution in [-0.4, -0.2) is 34.7 Å². The number of hydrogen-bond donors (Lipinski definition) is 0. The Bertz CT molecular complexity index is 689. The highest BCUT2D eigenvalue weighted by atomic mass is 15.4. The van der Waals surface area contributed by atoms with Gasteiger partial charge in [0.15, 0.2) is 0 Å². The lowest BCUT2D eigenvalue weighted by molar-refractivity contribution is 0.263. The lowest BCUT2D eigenvalue weighted by Gasteiger charge is -2.34. The molecule has 1 aromatic rings. The highest BCUT2D eigenvalue weighted by Gasteiger charge is 2.27. The molecule has 0 unspecified atom stereocenters. The summed E-state index contributed by atoms with van der Waals surface area (Å²) in [6, 6.07) is 5.63. The van der Waals surface area contributed by atoms with Crippen LogP contribution in [0.3, 0.4) is 0 Å². The Morgan fingerprint density at radius 1 is 0.880 bits per heavy atom. The van der Waals surface area contributed by atoms with Crippen molar-refractivity contribution in [2.45, 2.75) is 66.7 Å². The van der Waals surface area contributed by atoms with Gasteiger partial charge < -0.3 is 19.6 Å². The molecular formula is C21H32N4. The second-order valence-corrected chi connectivity index (χ2v) is 7.82. The van der Waals surface area contributed by atoms with Gasteiger partial charge in [-0.3, -0.25) is 0 Å². The molecule has 0 fully saturated rings. The maximum Gasteiger partial charge on any atom is 0.103 e. The van der Waals surface area contributed by atoms with E-state index in [9.17, 15) is 0 Å². The molecule has 3 rings (SSSR count). The van der Waals surface area contributed by atoms with E-state index in [-0.39, 0.29) is 0 Å². The number of nitrogens with zero attached hydrogens (tertiary/aromatic N) is 4. The van der Waals surface area contributed by atoms with Gasteiger partial charge in [0.2, 0.25) is 0 Å². The molecule has 0 bridgehead atoms. The van der Waals surface area contributed by atoms with Gasteiger partial charge in [-0.05, 0) is 71.7 Å². The third-order valence-electron chi connectivity index (χ3n) is 5.33. The van der Waals surface area contributed by atoms with Gasteiger partial charge >= 0.3 is 0 Å². The SMILES string of the molecule is Cc1cc(N2C=CN(C(C)C)C2)c(C)c(N2C=CN(C(C)C)[C@@H]2C)c1. The van der Waals surface area contributed by atoms with Crippen LogP contribution in [0, 0.1) is 13.8 Å². The monoisotopic (exact) mass is 340 g/mol. The van der Waals surface area contributed by atoms with Crippen LogP contribution in [0.1, 0.15) is 45.7 Å². The summed E-state index contributed by atoms with van der Waals surface area (Å²) < 4.78 is 0. The Kier molecular flexibility index (Phi) is 4.72. The van der Waals surface area contributed by atoms with Crippen molar-refractivity contribution in [1.82, 2.24) is 9.80 Å². The third-order valence-corrected chi connectivity index (χ3v) is 5.33. The van der Waals surface area contributed by atoms with Crippen LogP contribution in [0.25, 0.3) is 0 Å². The van der Waals surface area contributed by atoms with Crippen LogP contribution in [0.5, 0.6) is 0 Å². The fourth-order valence-electron chi connectivity index (χ4n) is 3.74. The van der Waals surface area contributed by atoms with Crippen molar-refractivity contribution < 1.29 is 0 Å². The van der Waals surface area contributed by atoms with Crippen LogP contribution in [0.2, 0.25) is 0 Å². The minimum Gasteiger partial charge on any atom is -0.356 e. The molecular weight excluding hydrogens is 308 g/mol. The van der Waals surface area contributed by atoms with Crippen molar-refractivity contribution in [2.75, 3.05) is 16.5 Å². The van der Waals surface area contributed by atoms with Crippen molar-refractivity contribution in [3.8, 4) is 0 Å². The average Bonchev–Trinajstić information content (AvgIpc) is 3.16. The third kappa shape index (κ3) is 3.22. The summed E-state index contributed by atoms with van der Waals surface area (Å²) in [6.07, 6.45) is 9.18. The summed E-state index contributed by atoms with van der Waals surface area (Å²) in [5.41, 5.74) is 5.25. The van der Waals surface area contributed by atoms with Crippen LogP contribution >= 0.6 is 0 Å². The molecule has 0 radical (unpaired) electrons. The minimum atomic E-state index is 0.342. The van der Waals surface area contributed by atoms with E-state index in [4.69, 9.17) is 0 Å². The zero-order valence-electron chi connectivity index (χ0n) is 16.7. The molecule has 0 aromatic heterocycles. The second kappa shape index (κ2) is 6.66. The number of anilines is 2. The summed E-state index contributed by atoms with van der Waals surface area (Å²) in [7, 11) is 0. The molecule has 0 aliphatic carbocycles. The molecule has 4 heteroatoms. The molecule has 0 saturated carbocycles. The van der Waals surface area contributed by atoms with Gasteiger partial charge in [0.1, 0.15) is 6.17 Å². The first-order valence-corrected chi connectivity index (χ1v) is 9.35. The molecule has 0 amide bonds. The van der Waals surface area contributed by atoms with E-state index < -0.39 is 0 Å². The van der Waals surface area contributed by atoms with Crippen molar-refractivity contribution in [1.29, 1.82) is 0 Å². The summed E-state index contributed by atoms with van der Waals surface area (Å²) in [5.74, 6) is 0. The Hall–Kier alpha value is -2.10. The molecule has 0 spiro atoms. The minimum absolute atomic E-state index is 0.342. The predicted molar refractivity (Wildman–Crippen MR) is 107 cm³/mol. The zero-order valence-corrected chi connectivity index (χ0v) is 16.7. The van der Waals surface area contributed by atoms with E-state index in [1.807, 2.05) is 0 Å². The number of hydrogen-bond acceptors (Lipinski definition) is 4. The van der Waals surface area contributed by atoms with E-state index >= 15 is 0 Å². The maximum absolute atomic E-state index is 2.40. The molecule has 2 aliphatic rings. The lowest BCUT2D eigenvalue weighted by Crippen LogP contribution is -2.40. The van der Waals surface area contributed by atoms with Gasteiger partial charge in [-0.15, -0.1) is 0 Å². The maximum atomic E-state index is 2.40. The Morgan fingerprint density at radius 2 is 1.56 bits per heavy atom. The van der Waals surface area contributed by atoms with E-state index in [0.717, 1.165) is 6.67 Å². The molecule has 4 nitrogen and oxygen atoms in total. The molecule has 2 aliphatic heterocycles. The second-order valence-electron chi connectivity index (χ2n) is 7.82. The standard InChI is InChI=1S/C21H32N4/c1-15(2)22-8-9-23(14-22)20-12-17(5)13-21(18(20)6)25-11-10-24(16(3)4)19(25)7/h8-13,15-16,19H,14H2,1-7H3/t19-/m0/s1. The number of benzene rings is 1.